The van der Waals surface area contributed by atoms with Crippen LogP contribution < -0.4 is 0 Å². The summed E-state index contributed by atoms with van der Waals surface area (Å²) in [7, 11) is 0. The molecule has 76 valence electrons. The summed E-state index contributed by atoms with van der Waals surface area (Å²) in [5.41, 5.74) is 0. The van der Waals surface area contributed by atoms with Crippen molar-refractivity contribution in [3.63, 3.8) is 0 Å². The molecule has 1 unspecified atom stereocenters. The third-order valence-corrected chi connectivity index (χ3v) is 3.50. The molecule has 2 rings (SSSR count). The highest BCUT2D eigenvalue weighted by molar-refractivity contribution is 5.81. The van der Waals surface area contributed by atoms with Crippen LogP contribution >= 0.6 is 0 Å². The van der Waals surface area contributed by atoms with Crippen molar-refractivity contribution in [1.82, 2.24) is 0 Å². The summed E-state index contributed by atoms with van der Waals surface area (Å²) >= 11 is 0. The van der Waals surface area contributed by atoms with E-state index in [4.69, 9.17) is 0 Å². The maximum absolute atomic E-state index is 11.1. The Kier molecular flexibility index (Phi) is 3.95. The molecular weight excluding hydrogens is 160 g/mol. The van der Waals surface area contributed by atoms with Gasteiger partial charge in [0, 0.05) is 12.8 Å². The fourth-order valence-electron chi connectivity index (χ4n) is 2.84. The molecule has 0 heterocycles. The Bertz CT molecular complexity index is 158. The van der Waals surface area contributed by atoms with E-state index < -0.39 is 0 Å². The number of hydrogen-bond acceptors (Lipinski definition) is 1. The summed E-state index contributed by atoms with van der Waals surface area (Å²) in [6.45, 7) is 6.27. The van der Waals surface area contributed by atoms with E-state index in [9.17, 15) is 4.79 Å². The number of carbonyl (C=O) groups is 1. The number of hydrogen-bond donors (Lipinski definition) is 0. The van der Waals surface area contributed by atoms with E-state index in [1.165, 1.54) is 19.3 Å². The van der Waals surface area contributed by atoms with Crippen molar-refractivity contribution in [2.45, 2.75) is 52.9 Å². The Labute approximate surface area is 81.9 Å². The van der Waals surface area contributed by atoms with Crippen molar-refractivity contribution >= 4 is 5.78 Å². The van der Waals surface area contributed by atoms with Crippen molar-refractivity contribution < 1.29 is 4.79 Å². The van der Waals surface area contributed by atoms with Crippen LogP contribution in [0.5, 0.6) is 0 Å². The molecule has 2 fully saturated rings. The molecule has 0 aromatic heterocycles. The second-order valence-corrected chi connectivity index (χ2v) is 4.21. The molecule has 1 heteroatoms. The van der Waals surface area contributed by atoms with Gasteiger partial charge in [-0.05, 0) is 30.6 Å². The first-order chi connectivity index (χ1) is 6.29. The van der Waals surface area contributed by atoms with E-state index in [1.807, 2.05) is 13.8 Å². The zero-order valence-corrected chi connectivity index (χ0v) is 9.18. The maximum Gasteiger partial charge on any atom is 0.133 e. The van der Waals surface area contributed by atoms with Gasteiger partial charge in [-0.15, -0.1) is 0 Å². The molecule has 0 saturated heterocycles. The van der Waals surface area contributed by atoms with Gasteiger partial charge in [0.2, 0.25) is 0 Å². The van der Waals surface area contributed by atoms with Crippen molar-refractivity contribution in [3.05, 3.63) is 0 Å². The average Bonchev–Trinajstić information content (AvgIpc) is 2.64. The van der Waals surface area contributed by atoms with Crippen molar-refractivity contribution in [2.24, 2.45) is 17.8 Å². The van der Waals surface area contributed by atoms with Gasteiger partial charge in [-0.2, -0.15) is 0 Å². The van der Waals surface area contributed by atoms with Crippen molar-refractivity contribution in [2.75, 3.05) is 0 Å². The molecule has 0 spiro atoms. The summed E-state index contributed by atoms with van der Waals surface area (Å²) in [5.74, 6) is 3.03. The second kappa shape index (κ2) is 4.78. The third kappa shape index (κ3) is 2.32. The lowest BCUT2D eigenvalue weighted by Crippen LogP contribution is -1.97. The second-order valence-electron chi connectivity index (χ2n) is 4.21. The number of fused-ring (bicyclic) bond motifs is 1. The number of carbonyl (C=O) groups excluding carboxylic acids is 1. The molecule has 13 heavy (non-hydrogen) atoms. The van der Waals surface area contributed by atoms with Gasteiger partial charge in [0.15, 0.2) is 0 Å². The van der Waals surface area contributed by atoms with Crippen LogP contribution in [0.3, 0.4) is 0 Å². The van der Waals surface area contributed by atoms with Gasteiger partial charge < -0.3 is 0 Å². The van der Waals surface area contributed by atoms with Gasteiger partial charge in [0.05, 0.1) is 0 Å². The van der Waals surface area contributed by atoms with E-state index in [1.54, 1.807) is 0 Å². The van der Waals surface area contributed by atoms with Gasteiger partial charge in [-0.25, -0.2) is 0 Å². The Balaban J connectivity index is 0.000000396. The van der Waals surface area contributed by atoms with Crippen LogP contribution in [0.1, 0.15) is 52.9 Å². The average molecular weight is 182 g/mol. The molecule has 0 aromatic carbocycles. The van der Waals surface area contributed by atoms with E-state index in [0.717, 1.165) is 30.6 Å². The summed E-state index contributed by atoms with van der Waals surface area (Å²) in [4.78, 5) is 11.1. The van der Waals surface area contributed by atoms with Crippen molar-refractivity contribution in [1.29, 1.82) is 0 Å². The molecule has 0 N–H and O–H groups in total. The summed E-state index contributed by atoms with van der Waals surface area (Å²) in [5, 5.41) is 0. The van der Waals surface area contributed by atoms with Crippen LogP contribution in [0.25, 0.3) is 0 Å². The molecule has 2 aliphatic carbocycles. The Morgan fingerprint density at radius 3 is 2.00 bits per heavy atom. The third-order valence-electron chi connectivity index (χ3n) is 3.50. The lowest BCUT2D eigenvalue weighted by Gasteiger charge is -2.04. The minimum atomic E-state index is 0.523. The Morgan fingerprint density at radius 1 is 1.15 bits per heavy atom. The molecule has 0 bridgehead atoms. The summed E-state index contributed by atoms with van der Waals surface area (Å²) in [6.07, 6.45) is 5.81. The van der Waals surface area contributed by atoms with Crippen molar-refractivity contribution in [3.8, 4) is 0 Å². The fraction of sp³-hybridized carbons (Fsp3) is 0.917. The molecule has 0 radical (unpaired) electrons. The van der Waals surface area contributed by atoms with E-state index in [2.05, 4.69) is 6.92 Å². The smallest absolute Gasteiger partial charge is 0.133 e. The summed E-state index contributed by atoms with van der Waals surface area (Å²) < 4.78 is 0. The van der Waals surface area contributed by atoms with Gasteiger partial charge in [0.1, 0.15) is 5.78 Å². The molecule has 3 atom stereocenters. The highest BCUT2D eigenvalue weighted by atomic mass is 16.1. The SMILES string of the molecule is CC.CCC1C[C@H]2CC(=O)C[C@H]2C1. The zero-order chi connectivity index (χ0) is 9.84. The molecule has 2 aliphatic rings. The minimum Gasteiger partial charge on any atom is -0.300 e. The van der Waals surface area contributed by atoms with Gasteiger partial charge in [-0.1, -0.05) is 27.2 Å². The standard InChI is InChI=1S/C10H16O.C2H6/c1-2-7-3-8-5-10(11)6-9(8)4-7;1-2/h7-9H,2-6H2,1H3;1-2H3/t7?,8-,9+;. The predicted molar refractivity (Wildman–Crippen MR) is 55.6 cm³/mol. The first-order valence-electron chi connectivity index (χ1n) is 5.81. The number of Topliss-reactive ketones (excluding diaryl/α,β-unsaturated/α-hetero) is 1. The fourth-order valence-corrected chi connectivity index (χ4v) is 2.84. The number of ketones is 1. The van der Waals surface area contributed by atoms with E-state index in [-0.39, 0.29) is 0 Å². The largest absolute Gasteiger partial charge is 0.300 e. The van der Waals surface area contributed by atoms with Gasteiger partial charge in [0.25, 0.3) is 0 Å². The molecular formula is C12H22O. The normalized spacial score (nSPS) is 36.8. The first kappa shape index (κ1) is 10.7. The molecule has 0 amide bonds. The van der Waals surface area contributed by atoms with Crippen LogP contribution in [-0.2, 0) is 4.79 Å². The summed E-state index contributed by atoms with van der Waals surface area (Å²) in [6, 6.07) is 0. The highest BCUT2D eigenvalue weighted by Gasteiger charge is 2.39. The van der Waals surface area contributed by atoms with Crippen LogP contribution in [0.2, 0.25) is 0 Å². The van der Waals surface area contributed by atoms with E-state index >= 15 is 0 Å². The lowest BCUT2D eigenvalue weighted by atomic mass is 10.0. The maximum atomic E-state index is 11.1. The Hall–Kier alpha value is -0.330. The Morgan fingerprint density at radius 2 is 1.62 bits per heavy atom. The zero-order valence-electron chi connectivity index (χ0n) is 9.18. The van der Waals surface area contributed by atoms with Crippen LogP contribution in [-0.4, -0.2) is 5.78 Å². The highest BCUT2D eigenvalue weighted by Crippen LogP contribution is 2.46. The molecule has 2 saturated carbocycles. The number of rotatable bonds is 1. The molecule has 0 aliphatic heterocycles. The van der Waals surface area contributed by atoms with Gasteiger partial charge >= 0.3 is 0 Å². The quantitative estimate of drug-likeness (QED) is 0.607. The van der Waals surface area contributed by atoms with E-state index in [0.29, 0.717) is 5.78 Å². The molecule has 1 nitrogen and oxygen atoms in total. The van der Waals surface area contributed by atoms with Crippen LogP contribution in [0.15, 0.2) is 0 Å². The first-order valence-corrected chi connectivity index (χ1v) is 5.81. The molecule has 0 aromatic rings. The van der Waals surface area contributed by atoms with Crippen LogP contribution in [0, 0.1) is 17.8 Å². The van der Waals surface area contributed by atoms with Crippen LogP contribution in [0.4, 0.5) is 0 Å². The minimum absolute atomic E-state index is 0.523. The topological polar surface area (TPSA) is 17.1 Å². The predicted octanol–water partition coefficient (Wildman–Crippen LogP) is 3.43. The lowest BCUT2D eigenvalue weighted by molar-refractivity contribution is -0.117. The van der Waals surface area contributed by atoms with Gasteiger partial charge in [-0.3, -0.25) is 4.79 Å². The monoisotopic (exact) mass is 182 g/mol.